The van der Waals surface area contributed by atoms with Crippen LogP contribution < -0.4 is 5.32 Å². The van der Waals surface area contributed by atoms with Gasteiger partial charge in [0.1, 0.15) is 13.2 Å². The molecule has 1 heterocycles. The Morgan fingerprint density at radius 2 is 2.16 bits per heavy atom. The predicted octanol–water partition coefficient (Wildman–Crippen LogP) is 0.780. The third kappa shape index (κ3) is 3.25. The first-order valence-electron chi connectivity index (χ1n) is 5.67. The Morgan fingerprint density at radius 1 is 1.42 bits per heavy atom. The summed E-state index contributed by atoms with van der Waals surface area (Å²) in [4.78, 5) is 15.6. The summed E-state index contributed by atoms with van der Waals surface area (Å²) in [5.41, 5.74) is 1.49. The molecule has 2 rings (SSSR count). The van der Waals surface area contributed by atoms with Crippen molar-refractivity contribution in [1.82, 2.24) is 14.9 Å². The average molecular weight is 269 g/mol. The minimum atomic E-state index is -3.30. The molecule has 0 saturated heterocycles. The molecular weight excluding hydrogens is 256 g/mol. The summed E-state index contributed by atoms with van der Waals surface area (Å²) in [6.07, 6.45) is 1.48. The van der Waals surface area contributed by atoms with Crippen molar-refractivity contribution >= 4 is 16.9 Å². The number of nitrogens with one attached hydrogen (secondary N) is 1. The number of carbonyl (C=O) groups excluding carboxylic acids is 1. The highest BCUT2D eigenvalue weighted by molar-refractivity contribution is 5.80. The SMILES string of the molecule is O=C(Cn1cnc2ccccc21)NCC(F)(F)CO. The number of amides is 1. The Labute approximate surface area is 107 Å². The summed E-state index contributed by atoms with van der Waals surface area (Å²) < 4.78 is 27.1. The van der Waals surface area contributed by atoms with Crippen molar-refractivity contribution in [2.45, 2.75) is 12.5 Å². The van der Waals surface area contributed by atoms with Crippen LogP contribution in [0.2, 0.25) is 0 Å². The van der Waals surface area contributed by atoms with Gasteiger partial charge in [0.25, 0.3) is 5.92 Å². The molecule has 0 aliphatic heterocycles. The molecule has 1 aromatic carbocycles. The van der Waals surface area contributed by atoms with Crippen molar-refractivity contribution in [2.24, 2.45) is 0 Å². The van der Waals surface area contributed by atoms with Gasteiger partial charge >= 0.3 is 0 Å². The van der Waals surface area contributed by atoms with Crippen LogP contribution in [0.15, 0.2) is 30.6 Å². The topological polar surface area (TPSA) is 67.2 Å². The number of halogens is 2. The highest BCUT2D eigenvalue weighted by atomic mass is 19.3. The molecule has 0 aliphatic carbocycles. The molecule has 0 saturated carbocycles. The van der Waals surface area contributed by atoms with Crippen LogP contribution >= 0.6 is 0 Å². The Morgan fingerprint density at radius 3 is 2.89 bits per heavy atom. The number of aliphatic hydroxyl groups is 1. The van der Waals surface area contributed by atoms with Crippen LogP contribution in [-0.2, 0) is 11.3 Å². The highest BCUT2D eigenvalue weighted by Crippen LogP contribution is 2.12. The summed E-state index contributed by atoms with van der Waals surface area (Å²) in [6, 6.07) is 7.21. The molecular formula is C12H13F2N3O2. The number of fused-ring (bicyclic) bond motifs is 1. The van der Waals surface area contributed by atoms with E-state index in [0.717, 1.165) is 11.0 Å². The second kappa shape index (κ2) is 5.31. The molecule has 2 aromatic rings. The van der Waals surface area contributed by atoms with E-state index in [4.69, 9.17) is 5.11 Å². The zero-order valence-corrected chi connectivity index (χ0v) is 10.0. The number of hydrogen-bond acceptors (Lipinski definition) is 3. The van der Waals surface area contributed by atoms with E-state index in [2.05, 4.69) is 10.3 Å². The number of hydrogen-bond donors (Lipinski definition) is 2. The van der Waals surface area contributed by atoms with Crippen LogP contribution in [0.1, 0.15) is 0 Å². The Kier molecular flexibility index (Phi) is 3.75. The zero-order chi connectivity index (χ0) is 13.9. The van der Waals surface area contributed by atoms with Gasteiger partial charge in [-0.05, 0) is 12.1 Å². The number of para-hydroxylation sites is 2. The lowest BCUT2D eigenvalue weighted by Gasteiger charge is -2.14. The lowest BCUT2D eigenvalue weighted by Crippen LogP contribution is -2.40. The van der Waals surface area contributed by atoms with Gasteiger partial charge in [-0.3, -0.25) is 4.79 Å². The van der Waals surface area contributed by atoms with Gasteiger partial charge < -0.3 is 15.0 Å². The summed E-state index contributed by atoms with van der Waals surface area (Å²) >= 11 is 0. The van der Waals surface area contributed by atoms with E-state index in [1.807, 2.05) is 6.07 Å². The third-order valence-corrected chi connectivity index (χ3v) is 2.62. The van der Waals surface area contributed by atoms with E-state index in [9.17, 15) is 13.6 Å². The number of aromatic nitrogens is 2. The number of nitrogens with zero attached hydrogens (tertiary/aromatic N) is 2. The fourth-order valence-corrected chi connectivity index (χ4v) is 1.63. The van der Waals surface area contributed by atoms with Crippen molar-refractivity contribution in [3.8, 4) is 0 Å². The molecule has 102 valence electrons. The van der Waals surface area contributed by atoms with E-state index in [1.54, 1.807) is 22.8 Å². The van der Waals surface area contributed by atoms with Crippen LogP contribution in [-0.4, -0.2) is 39.6 Å². The standard InChI is InChI=1S/C12H13F2N3O2/c13-12(14,7-18)6-15-11(19)5-17-8-16-9-3-1-2-4-10(9)17/h1-4,8,18H,5-7H2,(H,15,19). The van der Waals surface area contributed by atoms with E-state index in [-0.39, 0.29) is 6.54 Å². The first kappa shape index (κ1) is 13.4. The molecule has 0 atom stereocenters. The Bertz CT molecular complexity index is 583. The fraction of sp³-hybridized carbons (Fsp3) is 0.333. The van der Waals surface area contributed by atoms with Gasteiger partial charge in [0, 0.05) is 0 Å². The van der Waals surface area contributed by atoms with Crippen molar-refractivity contribution in [2.75, 3.05) is 13.2 Å². The first-order valence-corrected chi connectivity index (χ1v) is 5.67. The zero-order valence-electron chi connectivity index (χ0n) is 10.0. The molecule has 5 nitrogen and oxygen atoms in total. The lowest BCUT2D eigenvalue weighted by atomic mass is 10.3. The van der Waals surface area contributed by atoms with Gasteiger partial charge in [0.2, 0.25) is 5.91 Å². The minimum absolute atomic E-state index is 0.0952. The van der Waals surface area contributed by atoms with Gasteiger partial charge in [-0.2, -0.15) is 0 Å². The molecule has 0 unspecified atom stereocenters. The Hall–Kier alpha value is -2.02. The second-order valence-corrected chi connectivity index (χ2v) is 4.15. The smallest absolute Gasteiger partial charge is 0.287 e. The highest BCUT2D eigenvalue weighted by Gasteiger charge is 2.28. The van der Waals surface area contributed by atoms with Crippen LogP contribution in [0.5, 0.6) is 0 Å². The molecule has 1 amide bonds. The number of rotatable bonds is 5. The van der Waals surface area contributed by atoms with Crippen molar-refractivity contribution in [1.29, 1.82) is 0 Å². The van der Waals surface area contributed by atoms with Crippen LogP contribution in [0.4, 0.5) is 8.78 Å². The van der Waals surface area contributed by atoms with Crippen molar-refractivity contribution in [3.05, 3.63) is 30.6 Å². The van der Waals surface area contributed by atoms with Crippen molar-refractivity contribution in [3.63, 3.8) is 0 Å². The Balaban J connectivity index is 1.99. The molecule has 0 radical (unpaired) electrons. The van der Waals surface area contributed by atoms with Gasteiger partial charge in [0.15, 0.2) is 0 Å². The minimum Gasteiger partial charge on any atom is -0.390 e. The van der Waals surface area contributed by atoms with E-state index in [0.29, 0.717) is 0 Å². The molecule has 0 spiro atoms. The van der Waals surface area contributed by atoms with E-state index < -0.39 is 25.0 Å². The maximum atomic E-state index is 12.8. The lowest BCUT2D eigenvalue weighted by molar-refractivity contribution is -0.124. The summed E-state index contributed by atoms with van der Waals surface area (Å²) in [5.74, 6) is -3.86. The third-order valence-electron chi connectivity index (χ3n) is 2.62. The monoisotopic (exact) mass is 269 g/mol. The summed E-state index contributed by atoms with van der Waals surface area (Å²) in [6.45, 7) is -2.27. The normalized spacial score (nSPS) is 11.7. The summed E-state index contributed by atoms with van der Waals surface area (Å²) in [7, 11) is 0. The van der Waals surface area contributed by atoms with Gasteiger partial charge in [-0.15, -0.1) is 0 Å². The van der Waals surface area contributed by atoms with Crippen molar-refractivity contribution < 1.29 is 18.7 Å². The van der Waals surface area contributed by atoms with E-state index >= 15 is 0 Å². The van der Waals surface area contributed by atoms with Gasteiger partial charge in [-0.1, -0.05) is 12.1 Å². The van der Waals surface area contributed by atoms with Gasteiger partial charge in [-0.25, -0.2) is 13.8 Å². The molecule has 2 N–H and O–H groups in total. The molecule has 19 heavy (non-hydrogen) atoms. The second-order valence-electron chi connectivity index (χ2n) is 4.15. The quantitative estimate of drug-likeness (QED) is 0.843. The first-order chi connectivity index (χ1) is 9.02. The fourth-order valence-electron chi connectivity index (χ4n) is 1.63. The maximum Gasteiger partial charge on any atom is 0.287 e. The number of alkyl halides is 2. The molecule has 0 aliphatic rings. The number of benzene rings is 1. The predicted molar refractivity (Wildman–Crippen MR) is 64.8 cm³/mol. The van der Waals surface area contributed by atoms with Crippen LogP contribution in [0.3, 0.4) is 0 Å². The number of imidazole rings is 1. The van der Waals surface area contributed by atoms with Gasteiger partial charge in [0.05, 0.1) is 23.9 Å². The molecule has 7 heteroatoms. The largest absolute Gasteiger partial charge is 0.390 e. The molecule has 0 bridgehead atoms. The molecule has 0 fully saturated rings. The summed E-state index contributed by atoms with van der Waals surface area (Å²) in [5, 5.41) is 10.5. The number of carbonyl (C=O) groups is 1. The maximum absolute atomic E-state index is 12.8. The average Bonchev–Trinajstić information content (AvgIpc) is 2.80. The van der Waals surface area contributed by atoms with Crippen LogP contribution in [0.25, 0.3) is 11.0 Å². The number of aliphatic hydroxyl groups excluding tert-OH is 1. The molecule has 1 aromatic heterocycles. The van der Waals surface area contributed by atoms with Crippen LogP contribution in [0, 0.1) is 0 Å². The van der Waals surface area contributed by atoms with E-state index in [1.165, 1.54) is 6.33 Å².